The molecule has 0 unspecified atom stereocenters. The highest BCUT2D eigenvalue weighted by Crippen LogP contribution is 2.62. The molecule has 2 aromatic carbocycles. The first-order valence-corrected chi connectivity index (χ1v) is 10.4. The van der Waals surface area contributed by atoms with Crippen LogP contribution in [-0.4, -0.2) is 18.2 Å². The Morgan fingerprint density at radius 3 is 1.89 bits per heavy atom. The number of carbonyl (C=O) groups excluding carboxylic acids is 1. The molecule has 0 heterocycles. The van der Waals surface area contributed by atoms with Crippen LogP contribution in [0, 0.1) is 0 Å². The molecule has 0 aliphatic rings. The normalized spacial score (nSPS) is 13.0. The second-order valence-corrected chi connectivity index (χ2v) is 8.69. The molecular weight excluding hydrogens is 365 g/mol. The molecule has 0 aliphatic carbocycles. The van der Waals surface area contributed by atoms with Gasteiger partial charge in [-0.1, -0.05) is 42.5 Å². The predicted molar refractivity (Wildman–Crippen MR) is 104 cm³/mol. The summed E-state index contributed by atoms with van der Waals surface area (Å²) in [6, 6.07) is 15.3. The third-order valence-electron chi connectivity index (χ3n) is 3.57. The lowest BCUT2D eigenvalue weighted by atomic mass is 10.2. The van der Waals surface area contributed by atoms with Gasteiger partial charge < -0.3 is 24.3 Å². The molecule has 146 valence electrons. The molecular formula is C20H25NO5P-. The second kappa shape index (κ2) is 9.18. The molecule has 0 aliphatic heterocycles. The van der Waals surface area contributed by atoms with Gasteiger partial charge >= 0.3 is 7.60 Å². The minimum absolute atomic E-state index is 0.0665. The highest BCUT2D eigenvalue weighted by atomic mass is 31.2. The molecule has 0 aromatic heterocycles. The summed E-state index contributed by atoms with van der Waals surface area (Å²) >= 11 is 0. The van der Waals surface area contributed by atoms with Crippen LogP contribution in [-0.2, 0) is 13.6 Å². The van der Waals surface area contributed by atoms with Crippen molar-refractivity contribution in [3.8, 4) is 0 Å². The number of hydrogen-bond donors (Lipinski definition) is 1. The Hall–Kier alpha value is -2.14. The van der Waals surface area contributed by atoms with E-state index in [-0.39, 0.29) is 17.8 Å². The van der Waals surface area contributed by atoms with Gasteiger partial charge in [-0.3, -0.25) is 4.57 Å². The first-order chi connectivity index (χ1) is 12.7. The number of benzene rings is 2. The van der Waals surface area contributed by atoms with Gasteiger partial charge in [0.2, 0.25) is 0 Å². The van der Waals surface area contributed by atoms with Gasteiger partial charge in [0.25, 0.3) is 0 Å². The SMILES string of the molecule is CC(C)OP(=O)(OC(C)C)[C@H](Nc1ccc(C(=O)[O-])cc1)c1ccccc1. The molecule has 27 heavy (non-hydrogen) atoms. The van der Waals surface area contributed by atoms with E-state index in [1.165, 1.54) is 12.1 Å². The minimum atomic E-state index is -3.60. The molecule has 0 fully saturated rings. The van der Waals surface area contributed by atoms with Gasteiger partial charge in [-0.2, -0.15) is 0 Å². The lowest BCUT2D eigenvalue weighted by Crippen LogP contribution is -2.22. The quantitative estimate of drug-likeness (QED) is 0.646. The van der Waals surface area contributed by atoms with E-state index in [9.17, 15) is 14.5 Å². The van der Waals surface area contributed by atoms with E-state index in [2.05, 4.69) is 5.32 Å². The maximum absolute atomic E-state index is 13.7. The minimum Gasteiger partial charge on any atom is -0.545 e. The number of hydrogen-bond acceptors (Lipinski definition) is 6. The summed E-state index contributed by atoms with van der Waals surface area (Å²) < 4.78 is 25.2. The summed E-state index contributed by atoms with van der Waals surface area (Å²) in [4.78, 5) is 10.9. The van der Waals surface area contributed by atoms with Crippen LogP contribution in [0.4, 0.5) is 5.69 Å². The monoisotopic (exact) mass is 390 g/mol. The van der Waals surface area contributed by atoms with Crippen molar-refractivity contribution in [3.05, 3.63) is 65.7 Å². The first kappa shape index (κ1) is 21.2. The van der Waals surface area contributed by atoms with E-state index < -0.39 is 19.3 Å². The largest absolute Gasteiger partial charge is 0.545 e. The summed E-state index contributed by atoms with van der Waals surface area (Å²) in [5.41, 5.74) is 1.40. The average molecular weight is 390 g/mol. The summed E-state index contributed by atoms with van der Waals surface area (Å²) in [5, 5.41) is 14.1. The number of carboxylic acids is 1. The number of nitrogens with one attached hydrogen (secondary N) is 1. The van der Waals surface area contributed by atoms with Crippen LogP contribution in [0.25, 0.3) is 0 Å². The number of carboxylic acid groups (broad SMARTS) is 1. The molecule has 6 nitrogen and oxygen atoms in total. The van der Waals surface area contributed by atoms with E-state index in [0.717, 1.165) is 5.56 Å². The van der Waals surface area contributed by atoms with Crippen LogP contribution in [0.3, 0.4) is 0 Å². The molecule has 1 N–H and O–H groups in total. The van der Waals surface area contributed by atoms with E-state index in [0.29, 0.717) is 5.69 Å². The molecule has 0 saturated carbocycles. The lowest BCUT2D eigenvalue weighted by Gasteiger charge is -2.31. The van der Waals surface area contributed by atoms with Crippen molar-refractivity contribution < 1.29 is 23.5 Å². The first-order valence-electron chi connectivity index (χ1n) is 8.80. The maximum atomic E-state index is 13.7. The fourth-order valence-electron chi connectivity index (χ4n) is 2.57. The van der Waals surface area contributed by atoms with Crippen molar-refractivity contribution >= 4 is 19.3 Å². The molecule has 7 heteroatoms. The molecule has 0 bridgehead atoms. The van der Waals surface area contributed by atoms with Gasteiger partial charge in [0.15, 0.2) is 5.78 Å². The fraction of sp³-hybridized carbons (Fsp3) is 0.350. The Labute approximate surface area is 160 Å². The summed E-state index contributed by atoms with van der Waals surface area (Å²) in [7, 11) is -3.60. The topological polar surface area (TPSA) is 87.7 Å². The van der Waals surface area contributed by atoms with Gasteiger partial charge in [-0.05, 0) is 51.0 Å². The summed E-state index contributed by atoms with van der Waals surface area (Å²) in [6.45, 7) is 7.19. The third-order valence-corrected chi connectivity index (χ3v) is 6.06. The number of rotatable bonds is 9. The van der Waals surface area contributed by atoms with Gasteiger partial charge in [-0.25, -0.2) is 0 Å². The van der Waals surface area contributed by atoms with E-state index in [1.54, 1.807) is 39.8 Å². The molecule has 0 saturated heterocycles. The van der Waals surface area contributed by atoms with E-state index in [1.807, 2.05) is 30.3 Å². The molecule has 1 atom stereocenters. The molecule has 0 spiro atoms. The average Bonchev–Trinajstić information content (AvgIpc) is 2.59. The molecule has 2 rings (SSSR count). The van der Waals surface area contributed by atoms with Crippen molar-refractivity contribution in [2.24, 2.45) is 0 Å². The van der Waals surface area contributed by atoms with Crippen molar-refractivity contribution in [2.75, 3.05) is 5.32 Å². The van der Waals surface area contributed by atoms with Crippen LogP contribution in [0.5, 0.6) is 0 Å². The fourth-order valence-corrected chi connectivity index (χ4v) is 4.89. The van der Waals surface area contributed by atoms with Crippen LogP contribution in [0.15, 0.2) is 54.6 Å². The predicted octanol–water partition coefficient (Wildman–Crippen LogP) is 4.20. The van der Waals surface area contributed by atoms with Crippen molar-refractivity contribution in [1.82, 2.24) is 0 Å². The Morgan fingerprint density at radius 1 is 0.926 bits per heavy atom. The van der Waals surface area contributed by atoms with Crippen LogP contribution < -0.4 is 10.4 Å². The van der Waals surface area contributed by atoms with Crippen LogP contribution in [0.1, 0.15) is 49.4 Å². The second-order valence-electron chi connectivity index (χ2n) is 6.67. The highest BCUT2D eigenvalue weighted by molar-refractivity contribution is 7.54. The molecule has 0 amide bonds. The van der Waals surface area contributed by atoms with Gasteiger partial charge in [0.05, 0.1) is 18.2 Å². The zero-order valence-corrected chi connectivity index (χ0v) is 16.8. The Kier molecular flexibility index (Phi) is 7.19. The van der Waals surface area contributed by atoms with Gasteiger partial charge in [-0.15, -0.1) is 0 Å². The third kappa shape index (κ3) is 5.93. The number of aromatic carboxylic acids is 1. The Balaban J connectivity index is 2.43. The van der Waals surface area contributed by atoms with Crippen molar-refractivity contribution in [1.29, 1.82) is 0 Å². The van der Waals surface area contributed by atoms with Crippen molar-refractivity contribution in [2.45, 2.75) is 45.7 Å². The van der Waals surface area contributed by atoms with Crippen molar-refractivity contribution in [3.63, 3.8) is 0 Å². The number of carbonyl (C=O) groups is 1. The van der Waals surface area contributed by atoms with E-state index >= 15 is 0 Å². The number of anilines is 1. The highest BCUT2D eigenvalue weighted by Gasteiger charge is 2.39. The smallest absolute Gasteiger partial charge is 0.357 e. The Morgan fingerprint density at radius 2 is 1.44 bits per heavy atom. The Bertz CT molecular complexity index is 776. The van der Waals surface area contributed by atoms with Gasteiger partial charge in [0, 0.05) is 5.69 Å². The zero-order valence-electron chi connectivity index (χ0n) is 15.9. The maximum Gasteiger partial charge on any atom is 0.357 e. The standard InChI is InChI=1S/C20H26NO5P/c1-14(2)25-27(24,26-15(3)4)19(16-8-6-5-7-9-16)21-18-12-10-17(11-13-18)20(22)23/h5-15,19,21H,1-4H3,(H,22,23)/p-1/t19-/m0/s1. The van der Waals surface area contributed by atoms with E-state index in [4.69, 9.17) is 9.05 Å². The molecule has 2 aromatic rings. The summed E-state index contributed by atoms with van der Waals surface area (Å²) in [6.07, 6.45) is -0.605. The summed E-state index contributed by atoms with van der Waals surface area (Å²) in [5.74, 6) is -2.00. The zero-order chi connectivity index (χ0) is 20.0. The van der Waals surface area contributed by atoms with Gasteiger partial charge in [0.1, 0.15) is 0 Å². The van der Waals surface area contributed by atoms with Crippen LogP contribution in [0.2, 0.25) is 0 Å². The van der Waals surface area contributed by atoms with Crippen LogP contribution >= 0.6 is 7.60 Å². The molecule has 0 radical (unpaired) electrons. The lowest BCUT2D eigenvalue weighted by molar-refractivity contribution is -0.255.